The first-order valence-corrected chi connectivity index (χ1v) is 7.08. The number of fused-ring (bicyclic) bond motifs is 1. The lowest BCUT2D eigenvalue weighted by Gasteiger charge is -2.11. The quantitative estimate of drug-likeness (QED) is 0.841. The zero-order valence-electron chi connectivity index (χ0n) is 11.4. The maximum atomic E-state index is 11.9. The van der Waals surface area contributed by atoms with Crippen molar-refractivity contribution in [2.45, 2.75) is 58.9 Å². The predicted octanol–water partition coefficient (Wildman–Crippen LogP) is 2.34. The molecule has 0 spiro atoms. The maximum absolute atomic E-state index is 11.9. The molecular formula is C14H23N3O. The van der Waals surface area contributed by atoms with Gasteiger partial charge in [-0.2, -0.15) is 0 Å². The van der Waals surface area contributed by atoms with E-state index in [0.717, 1.165) is 31.5 Å². The number of aryl methyl sites for hydroxylation is 2. The molecule has 4 heteroatoms. The van der Waals surface area contributed by atoms with Crippen LogP contribution < -0.4 is 5.32 Å². The lowest BCUT2D eigenvalue weighted by molar-refractivity contribution is -0.125. The van der Waals surface area contributed by atoms with Crippen LogP contribution in [0.15, 0.2) is 0 Å². The van der Waals surface area contributed by atoms with E-state index in [-0.39, 0.29) is 11.8 Å². The Morgan fingerprint density at radius 1 is 1.33 bits per heavy atom. The van der Waals surface area contributed by atoms with Gasteiger partial charge in [-0.05, 0) is 38.5 Å². The molecule has 1 aromatic rings. The van der Waals surface area contributed by atoms with Gasteiger partial charge in [0.25, 0.3) is 0 Å². The molecule has 0 unspecified atom stereocenters. The van der Waals surface area contributed by atoms with E-state index in [1.807, 2.05) is 0 Å². The zero-order valence-corrected chi connectivity index (χ0v) is 11.4. The molecule has 0 atom stereocenters. The van der Waals surface area contributed by atoms with Crippen LogP contribution >= 0.6 is 0 Å². The fourth-order valence-corrected chi connectivity index (χ4v) is 2.57. The number of hydrogen-bond donors (Lipinski definition) is 2. The van der Waals surface area contributed by atoms with Crippen LogP contribution in [0.4, 0.5) is 0 Å². The minimum atomic E-state index is 0.134. The van der Waals surface area contributed by atoms with Gasteiger partial charge in [-0.3, -0.25) is 4.79 Å². The molecule has 1 aromatic heterocycles. The average molecular weight is 249 g/mol. The number of rotatable bonds is 5. The molecule has 0 radical (unpaired) electrons. The predicted molar refractivity (Wildman–Crippen MR) is 71.1 cm³/mol. The van der Waals surface area contributed by atoms with Gasteiger partial charge >= 0.3 is 0 Å². The Hall–Kier alpha value is -1.32. The summed E-state index contributed by atoms with van der Waals surface area (Å²) in [5.74, 6) is 1.19. The summed E-state index contributed by atoms with van der Waals surface area (Å²) in [7, 11) is 0. The Morgan fingerprint density at radius 3 is 2.72 bits per heavy atom. The van der Waals surface area contributed by atoms with Gasteiger partial charge in [-0.15, -0.1) is 0 Å². The van der Waals surface area contributed by atoms with Crippen molar-refractivity contribution in [3.05, 3.63) is 17.2 Å². The summed E-state index contributed by atoms with van der Waals surface area (Å²) in [4.78, 5) is 19.8. The highest BCUT2D eigenvalue weighted by Gasteiger charge is 2.16. The molecule has 2 rings (SSSR count). The van der Waals surface area contributed by atoms with Crippen LogP contribution in [0.2, 0.25) is 0 Å². The molecule has 1 aliphatic carbocycles. The highest BCUT2D eigenvalue weighted by molar-refractivity contribution is 5.78. The first kappa shape index (κ1) is 13.1. The van der Waals surface area contributed by atoms with Crippen molar-refractivity contribution in [1.82, 2.24) is 15.3 Å². The van der Waals surface area contributed by atoms with E-state index in [9.17, 15) is 4.79 Å². The van der Waals surface area contributed by atoms with Crippen molar-refractivity contribution < 1.29 is 4.79 Å². The summed E-state index contributed by atoms with van der Waals surface area (Å²) in [6.07, 6.45) is 6.45. The number of aromatic nitrogens is 2. The van der Waals surface area contributed by atoms with Gasteiger partial charge in [-0.25, -0.2) is 4.98 Å². The molecule has 1 amide bonds. The van der Waals surface area contributed by atoms with E-state index in [0.29, 0.717) is 6.54 Å². The van der Waals surface area contributed by atoms with Crippen LogP contribution in [-0.2, 0) is 24.2 Å². The van der Waals surface area contributed by atoms with E-state index in [1.54, 1.807) is 0 Å². The second-order valence-corrected chi connectivity index (χ2v) is 5.05. The van der Waals surface area contributed by atoms with Gasteiger partial charge in [0.15, 0.2) is 0 Å². The molecule has 1 heterocycles. The summed E-state index contributed by atoms with van der Waals surface area (Å²) < 4.78 is 0. The summed E-state index contributed by atoms with van der Waals surface area (Å²) >= 11 is 0. The molecule has 18 heavy (non-hydrogen) atoms. The van der Waals surface area contributed by atoms with Gasteiger partial charge in [0.05, 0.1) is 12.2 Å². The van der Waals surface area contributed by atoms with Crippen molar-refractivity contribution in [3.8, 4) is 0 Å². The van der Waals surface area contributed by atoms with Crippen LogP contribution in [0.25, 0.3) is 0 Å². The fraction of sp³-hybridized carbons (Fsp3) is 0.714. The molecule has 0 aromatic carbocycles. The summed E-state index contributed by atoms with van der Waals surface area (Å²) in [5.41, 5.74) is 2.47. The lowest BCUT2D eigenvalue weighted by Crippen LogP contribution is -2.30. The Morgan fingerprint density at radius 2 is 2.06 bits per heavy atom. The monoisotopic (exact) mass is 249 g/mol. The number of H-pyrrole nitrogens is 1. The van der Waals surface area contributed by atoms with Gasteiger partial charge in [0.1, 0.15) is 5.82 Å². The van der Waals surface area contributed by atoms with E-state index in [4.69, 9.17) is 0 Å². The molecule has 0 saturated heterocycles. The molecule has 4 nitrogen and oxygen atoms in total. The van der Waals surface area contributed by atoms with Crippen molar-refractivity contribution >= 4 is 5.91 Å². The Kier molecular flexibility index (Phi) is 4.39. The smallest absolute Gasteiger partial charge is 0.223 e. The molecule has 0 saturated carbocycles. The zero-order chi connectivity index (χ0) is 13.0. The lowest BCUT2D eigenvalue weighted by atomic mass is 10.0. The largest absolute Gasteiger partial charge is 0.349 e. The molecule has 1 aliphatic rings. The van der Waals surface area contributed by atoms with Crippen molar-refractivity contribution in [2.24, 2.45) is 5.92 Å². The fourth-order valence-electron chi connectivity index (χ4n) is 2.57. The Labute approximate surface area is 109 Å². The maximum Gasteiger partial charge on any atom is 0.223 e. The van der Waals surface area contributed by atoms with Crippen LogP contribution in [0.1, 0.15) is 56.7 Å². The van der Waals surface area contributed by atoms with Gasteiger partial charge in [-0.1, -0.05) is 13.8 Å². The highest BCUT2D eigenvalue weighted by atomic mass is 16.1. The summed E-state index contributed by atoms with van der Waals surface area (Å²) in [6, 6.07) is 0. The van der Waals surface area contributed by atoms with E-state index < -0.39 is 0 Å². The van der Waals surface area contributed by atoms with Crippen molar-refractivity contribution in [3.63, 3.8) is 0 Å². The SMILES string of the molecule is CCC(CC)C(=O)NCc1nc2c([nH]1)CCCC2. The summed E-state index contributed by atoms with van der Waals surface area (Å²) in [6.45, 7) is 4.64. The third-order valence-corrected chi connectivity index (χ3v) is 3.79. The van der Waals surface area contributed by atoms with E-state index in [2.05, 4.69) is 29.1 Å². The number of carbonyl (C=O) groups excluding carboxylic acids is 1. The van der Waals surface area contributed by atoms with Gasteiger partial charge in [0.2, 0.25) is 5.91 Å². The third-order valence-electron chi connectivity index (χ3n) is 3.79. The second-order valence-electron chi connectivity index (χ2n) is 5.05. The third kappa shape index (κ3) is 2.92. The number of carbonyl (C=O) groups is 1. The molecule has 0 aliphatic heterocycles. The molecule has 2 N–H and O–H groups in total. The molecule has 0 fully saturated rings. The van der Waals surface area contributed by atoms with Crippen molar-refractivity contribution in [1.29, 1.82) is 0 Å². The topological polar surface area (TPSA) is 57.8 Å². The Balaban J connectivity index is 1.90. The first-order chi connectivity index (χ1) is 8.74. The van der Waals surface area contributed by atoms with Crippen LogP contribution in [0, 0.1) is 5.92 Å². The number of hydrogen-bond acceptors (Lipinski definition) is 2. The molecule has 100 valence electrons. The molecule has 0 bridgehead atoms. The minimum Gasteiger partial charge on any atom is -0.349 e. The number of aromatic amines is 1. The Bertz CT molecular complexity index is 384. The van der Waals surface area contributed by atoms with Crippen LogP contribution in [0.5, 0.6) is 0 Å². The van der Waals surface area contributed by atoms with Crippen LogP contribution in [0.3, 0.4) is 0 Å². The van der Waals surface area contributed by atoms with Crippen LogP contribution in [-0.4, -0.2) is 15.9 Å². The summed E-state index contributed by atoms with van der Waals surface area (Å²) in [5, 5.41) is 2.98. The number of nitrogens with one attached hydrogen (secondary N) is 2. The average Bonchev–Trinajstić information content (AvgIpc) is 2.80. The molecular weight excluding hydrogens is 226 g/mol. The van der Waals surface area contributed by atoms with E-state index >= 15 is 0 Å². The standard InChI is InChI=1S/C14H23N3O/c1-3-10(4-2)14(18)15-9-13-16-11-7-5-6-8-12(11)17-13/h10H,3-9H2,1-2H3,(H,15,18)(H,16,17). The van der Waals surface area contributed by atoms with Gasteiger partial charge in [0, 0.05) is 11.6 Å². The number of amides is 1. The number of nitrogens with zero attached hydrogens (tertiary/aromatic N) is 1. The first-order valence-electron chi connectivity index (χ1n) is 7.08. The van der Waals surface area contributed by atoms with E-state index in [1.165, 1.54) is 24.2 Å². The minimum absolute atomic E-state index is 0.134. The number of imidazole rings is 1. The van der Waals surface area contributed by atoms with Gasteiger partial charge < -0.3 is 10.3 Å². The normalized spacial score (nSPS) is 14.6. The highest BCUT2D eigenvalue weighted by Crippen LogP contribution is 2.18. The van der Waals surface area contributed by atoms with Crippen molar-refractivity contribution in [2.75, 3.05) is 0 Å². The second kappa shape index (κ2) is 6.03.